The van der Waals surface area contributed by atoms with Gasteiger partial charge < -0.3 is 9.47 Å². The average Bonchev–Trinajstić information content (AvgIpc) is 3.48. The molecular formula is C23H17F2N5O3. The van der Waals surface area contributed by atoms with Crippen LogP contribution in [0.15, 0.2) is 60.9 Å². The summed E-state index contributed by atoms with van der Waals surface area (Å²) in [6.45, 7) is -2.26. The summed E-state index contributed by atoms with van der Waals surface area (Å²) >= 11 is 0. The van der Waals surface area contributed by atoms with E-state index >= 15 is 0 Å². The van der Waals surface area contributed by atoms with Crippen LogP contribution in [0.2, 0.25) is 0 Å². The minimum atomic E-state index is -2.93. The molecule has 1 amide bonds. The minimum Gasteiger partial charge on any atom is -0.493 e. The number of halogens is 2. The molecular weight excluding hydrogens is 432 g/mol. The number of ether oxygens (including phenoxy) is 2. The molecule has 3 heterocycles. The van der Waals surface area contributed by atoms with Gasteiger partial charge in [0.05, 0.1) is 12.2 Å². The molecule has 10 heteroatoms. The van der Waals surface area contributed by atoms with Crippen LogP contribution in [-0.4, -0.2) is 39.3 Å². The second kappa shape index (κ2) is 8.65. The van der Waals surface area contributed by atoms with Gasteiger partial charge in [0.15, 0.2) is 5.82 Å². The van der Waals surface area contributed by atoms with Gasteiger partial charge in [-0.25, -0.2) is 0 Å². The largest absolute Gasteiger partial charge is 0.493 e. The molecule has 4 aromatic rings. The Kier molecular flexibility index (Phi) is 5.39. The number of pyridine rings is 1. The Balaban J connectivity index is 1.32. The molecule has 8 nitrogen and oxygen atoms in total. The highest BCUT2D eigenvalue weighted by atomic mass is 19.3. The van der Waals surface area contributed by atoms with Crippen molar-refractivity contribution in [2.24, 2.45) is 0 Å². The number of aromatic nitrogens is 4. The normalized spacial score (nSPS) is 12.3. The molecule has 0 bridgehead atoms. The van der Waals surface area contributed by atoms with Crippen molar-refractivity contribution in [2.75, 3.05) is 11.9 Å². The van der Waals surface area contributed by atoms with Crippen LogP contribution in [0.3, 0.4) is 0 Å². The smallest absolute Gasteiger partial charge is 0.387 e. The fourth-order valence-corrected chi connectivity index (χ4v) is 3.53. The van der Waals surface area contributed by atoms with Crippen molar-refractivity contribution in [2.45, 2.75) is 13.0 Å². The summed E-state index contributed by atoms with van der Waals surface area (Å²) in [7, 11) is 0. The van der Waals surface area contributed by atoms with Crippen LogP contribution in [0.4, 0.5) is 14.7 Å². The van der Waals surface area contributed by atoms with Crippen LogP contribution in [0.1, 0.15) is 15.9 Å². The van der Waals surface area contributed by atoms with Gasteiger partial charge in [-0.3, -0.25) is 20.2 Å². The van der Waals surface area contributed by atoms with E-state index in [-0.39, 0.29) is 17.5 Å². The first-order chi connectivity index (χ1) is 16.0. The van der Waals surface area contributed by atoms with Gasteiger partial charge in [-0.05, 0) is 41.5 Å². The fourth-order valence-electron chi connectivity index (χ4n) is 3.53. The molecule has 0 aliphatic carbocycles. The molecule has 166 valence electrons. The predicted molar refractivity (Wildman–Crippen MR) is 115 cm³/mol. The van der Waals surface area contributed by atoms with Crippen molar-refractivity contribution >= 4 is 11.9 Å². The lowest BCUT2D eigenvalue weighted by atomic mass is 10.0. The van der Waals surface area contributed by atoms with Crippen molar-refractivity contribution in [1.82, 2.24) is 20.2 Å². The van der Waals surface area contributed by atoms with Gasteiger partial charge in [0, 0.05) is 29.9 Å². The van der Waals surface area contributed by atoms with Gasteiger partial charge in [0.25, 0.3) is 5.91 Å². The number of nitrogens with zero attached hydrogens (tertiary/aromatic N) is 3. The fraction of sp³-hybridized carbons (Fsp3) is 0.130. The third kappa shape index (κ3) is 4.49. The number of anilines is 1. The van der Waals surface area contributed by atoms with E-state index in [0.29, 0.717) is 17.7 Å². The summed E-state index contributed by atoms with van der Waals surface area (Å²) in [4.78, 5) is 21.1. The molecule has 2 aromatic carbocycles. The number of amides is 1. The van der Waals surface area contributed by atoms with Gasteiger partial charge in [-0.1, -0.05) is 18.2 Å². The molecule has 0 fully saturated rings. The van der Waals surface area contributed by atoms with E-state index in [2.05, 4.69) is 30.2 Å². The van der Waals surface area contributed by atoms with Crippen LogP contribution >= 0.6 is 0 Å². The monoisotopic (exact) mass is 449 g/mol. The number of fused-ring (bicyclic) bond motifs is 1. The first-order valence-corrected chi connectivity index (χ1v) is 10.1. The third-order valence-electron chi connectivity index (χ3n) is 5.07. The number of H-pyrrole nitrogens is 1. The Morgan fingerprint density at radius 1 is 1.09 bits per heavy atom. The number of rotatable bonds is 6. The number of aromatic amines is 1. The second-order valence-corrected chi connectivity index (χ2v) is 7.25. The van der Waals surface area contributed by atoms with Crippen molar-refractivity contribution in [3.8, 4) is 34.0 Å². The number of hydrogen-bond acceptors (Lipinski definition) is 6. The first-order valence-electron chi connectivity index (χ1n) is 10.1. The van der Waals surface area contributed by atoms with E-state index in [9.17, 15) is 13.6 Å². The zero-order valence-electron chi connectivity index (χ0n) is 17.1. The van der Waals surface area contributed by atoms with Crippen molar-refractivity contribution in [1.29, 1.82) is 0 Å². The first kappa shape index (κ1) is 20.6. The molecule has 33 heavy (non-hydrogen) atoms. The third-order valence-corrected chi connectivity index (χ3v) is 5.07. The maximum absolute atomic E-state index is 12.7. The van der Waals surface area contributed by atoms with Gasteiger partial charge in [-0.2, -0.15) is 13.8 Å². The highest BCUT2D eigenvalue weighted by Crippen LogP contribution is 2.30. The van der Waals surface area contributed by atoms with E-state index in [1.165, 1.54) is 18.3 Å². The van der Waals surface area contributed by atoms with Gasteiger partial charge >= 0.3 is 6.61 Å². The van der Waals surface area contributed by atoms with Crippen LogP contribution in [0.5, 0.6) is 11.5 Å². The van der Waals surface area contributed by atoms with E-state index in [1.807, 2.05) is 18.2 Å². The lowest BCUT2D eigenvalue weighted by Crippen LogP contribution is -2.13. The topological polar surface area (TPSA) is 102 Å². The number of benzene rings is 2. The standard InChI is InChI=1S/C23H17F2N5O3/c24-22(25)33-18-3-1-2-15(10-18)20-27-23(30-29-20)28-21(31)17-9-16(11-26-12-17)13-4-5-19-14(8-13)6-7-32-19/h1-5,8-12,22H,6-7H2,(H2,27,28,29,30,31). The SMILES string of the molecule is O=C(Nc1n[nH]c(-c2cccc(OC(F)F)c2)n1)c1cncc(-c2ccc3c(c2)CCO3)c1. The Labute approximate surface area is 186 Å². The van der Waals surface area contributed by atoms with E-state index in [0.717, 1.165) is 28.9 Å². The molecule has 0 saturated carbocycles. The molecule has 2 N–H and O–H groups in total. The minimum absolute atomic E-state index is 0.00880. The summed E-state index contributed by atoms with van der Waals surface area (Å²) in [5.74, 6) is 0.763. The number of nitrogens with one attached hydrogen (secondary N) is 2. The zero-order chi connectivity index (χ0) is 22.8. The maximum atomic E-state index is 12.7. The summed E-state index contributed by atoms with van der Waals surface area (Å²) < 4.78 is 34.8. The quantitative estimate of drug-likeness (QED) is 0.455. The summed E-state index contributed by atoms with van der Waals surface area (Å²) in [6, 6.07) is 13.6. The highest BCUT2D eigenvalue weighted by molar-refractivity contribution is 6.03. The molecule has 1 aliphatic heterocycles. The number of carbonyl (C=O) groups excluding carboxylic acids is 1. The van der Waals surface area contributed by atoms with Crippen LogP contribution < -0.4 is 14.8 Å². The van der Waals surface area contributed by atoms with Crippen molar-refractivity contribution in [3.05, 3.63) is 72.1 Å². The second-order valence-electron chi connectivity index (χ2n) is 7.25. The summed E-state index contributed by atoms with van der Waals surface area (Å²) in [5, 5.41) is 9.26. The molecule has 0 saturated heterocycles. The molecule has 0 atom stereocenters. The molecule has 5 rings (SSSR count). The Hall–Kier alpha value is -4.34. The molecule has 2 aromatic heterocycles. The van der Waals surface area contributed by atoms with Gasteiger partial charge in [0.2, 0.25) is 5.95 Å². The predicted octanol–water partition coefficient (Wildman–Crippen LogP) is 4.32. The van der Waals surface area contributed by atoms with Crippen LogP contribution in [0, 0.1) is 0 Å². The van der Waals surface area contributed by atoms with Crippen LogP contribution in [0.25, 0.3) is 22.5 Å². The van der Waals surface area contributed by atoms with Crippen molar-refractivity contribution < 1.29 is 23.0 Å². The lowest BCUT2D eigenvalue weighted by molar-refractivity contribution is -0.0498. The maximum Gasteiger partial charge on any atom is 0.387 e. The lowest BCUT2D eigenvalue weighted by Gasteiger charge is -2.06. The molecule has 0 radical (unpaired) electrons. The van der Waals surface area contributed by atoms with Gasteiger partial charge in [-0.15, -0.1) is 5.10 Å². The van der Waals surface area contributed by atoms with Crippen molar-refractivity contribution in [3.63, 3.8) is 0 Å². The van der Waals surface area contributed by atoms with Gasteiger partial charge in [0.1, 0.15) is 11.5 Å². The molecule has 0 unspecified atom stereocenters. The number of hydrogen-bond donors (Lipinski definition) is 2. The van der Waals surface area contributed by atoms with E-state index < -0.39 is 12.5 Å². The summed E-state index contributed by atoms with van der Waals surface area (Å²) in [6.07, 6.45) is 3.99. The Bertz CT molecular complexity index is 1320. The molecule has 0 spiro atoms. The Morgan fingerprint density at radius 2 is 2.00 bits per heavy atom. The number of carbonyl (C=O) groups is 1. The average molecular weight is 449 g/mol. The summed E-state index contributed by atoms with van der Waals surface area (Å²) in [5.41, 5.74) is 3.67. The molecule has 1 aliphatic rings. The zero-order valence-corrected chi connectivity index (χ0v) is 17.1. The van der Waals surface area contributed by atoms with E-state index in [1.54, 1.807) is 24.4 Å². The van der Waals surface area contributed by atoms with E-state index in [4.69, 9.17) is 4.74 Å². The number of alkyl halides is 2. The highest BCUT2D eigenvalue weighted by Gasteiger charge is 2.15. The van der Waals surface area contributed by atoms with Crippen LogP contribution in [-0.2, 0) is 6.42 Å². The Morgan fingerprint density at radius 3 is 2.88 bits per heavy atom.